The largest absolute Gasteiger partial charge is 0.383 e. The highest BCUT2D eigenvalue weighted by Crippen LogP contribution is 2.25. The number of nitrogen functional groups attached to an aromatic ring is 1. The van der Waals surface area contributed by atoms with Gasteiger partial charge in [0.15, 0.2) is 0 Å². The lowest BCUT2D eigenvalue weighted by Gasteiger charge is -2.19. The number of rotatable bonds is 4. The normalized spacial score (nSPS) is 17.2. The molecular weight excluding hydrogens is 334 g/mol. The first-order chi connectivity index (χ1) is 12.2. The smallest absolute Gasteiger partial charge is 0.225 e. The van der Waals surface area contributed by atoms with Crippen molar-refractivity contribution in [2.75, 3.05) is 35.6 Å². The van der Waals surface area contributed by atoms with E-state index in [0.29, 0.717) is 17.7 Å². The summed E-state index contributed by atoms with van der Waals surface area (Å²) in [4.78, 5) is 11.3. The molecule has 3 aromatic rings. The zero-order chi connectivity index (χ0) is 17.2. The fourth-order valence-electron chi connectivity index (χ4n) is 3.30. The predicted octanol–water partition coefficient (Wildman–Crippen LogP) is 3.80. The summed E-state index contributed by atoms with van der Waals surface area (Å²) in [5, 5.41) is 5.01. The Morgan fingerprint density at radius 1 is 1.12 bits per heavy atom. The molecule has 0 aliphatic carbocycles. The van der Waals surface area contributed by atoms with E-state index in [1.165, 1.54) is 5.69 Å². The van der Waals surface area contributed by atoms with E-state index < -0.39 is 0 Å². The van der Waals surface area contributed by atoms with Gasteiger partial charge in [0.25, 0.3) is 0 Å². The molecule has 1 atom stereocenters. The number of hydrogen-bond acceptors (Lipinski definition) is 5. The highest BCUT2D eigenvalue weighted by Gasteiger charge is 2.22. The monoisotopic (exact) mass is 353 g/mol. The summed E-state index contributed by atoms with van der Waals surface area (Å²) >= 11 is 5.97. The van der Waals surface area contributed by atoms with Crippen LogP contribution < -0.4 is 16.0 Å². The van der Waals surface area contributed by atoms with Gasteiger partial charge in [0.2, 0.25) is 5.95 Å². The third-order valence-corrected chi connectivity index (χ3v) is 4.91. The van der Waals surface area contributed by atoms with Gasteiger partial charge in [-0.2, -0.15) is 4.98 Å². The first-order valence-corrected chi connectivity index (χ1v) is 8.83. The lowest BCUT2D eigenvalue weighted by molar-refractivity contribution is 0.620. The molecule has 1 aliphatic rings. The Bertz CT molecular complexity index is 881. The summed E-state index contributed by atoms with van der Waals surface area (Å²) in [7, 11) is 0. The molecule has 0 unspecified atom stereocenters. The molecule has 1 saturated heterocycles. The molecule has 0 bridgehead atoms. The van der Waals surface area contributed by atoms with Gasteiger partial charge >= 0.3 is 0 Å². The molecule has 4 rings (SSSR count). The first-order valence-electron chi connectivity index (χ1n) is 8.46. The molecule has 1 fully saturated rings. The third kappa shape index (κ3) is 3.46. The molecule has 2 heterocycles. The van der Waals surface area contributed by atoms with Crippen LogP contribution >= 0.6 is 11.6 Å². The summed E-state index contributed by atoms with van der Waals surface area (Å²) in [6.45, 7) is 2.90. The zero-order valence-electron chi connectivity index (χ0n) is 13.8. The average Bonchev–Trinajstić information content (AvgIpc) is 3.10. The van der Waals surface area contributed by atoms with Crippen molar-refractivity contribution in [2.45, 2.75) is 6.42 Å². The lowest BCUT2D eigenvalue weighted by atomic mass is 10.1. The van der Waals surface area contributed by atoms with Crippen LogP contribution in [0.2, 0.25) is 5.02 Å². The zero-order valence-corrected chi connectivity index (χ0v) is 14.6. The van der Waals surface area contributed by atoms with E-state index in [1.54, 1.807) is 0 Å². The second kappa shape index (κ2) is 6.76. The van der Waals surface area contributed by atoms with Gasteiger partial charge in [-0.3, -0.25) is 0 Å². The summed E-state index contributed by atoms with van der Waals surface area (Å²) in [5.41, 5.74) is 8.13. The van der Waals surface area contributed by atoms with Gasteiger partial charge in [-0.1, -0.05) is 23.7 Å². The molecule has 6 heteroatoms. The molecule has 0 radical (unpaired) electrons. The van der Waals surface area contributed by atoms with E-state index in [-0.39, 0.29) is 0 Å². The van der Waals surface area contributed by atoms with Crippen molar-refractivity contribution in [1.82, 2.24) is 9.97 Å². The van der Waals surface area contributed by atoms with E-state index in [9.17, 15) is 0 Å². The SMILES string of the molecule is Nc1nc(NC[C@H]2CCN(c3ccc(Cl)cc3)C2)nc2ccccc12. The highest BCUT2D eigenvalue weighted by molar-refractivity contribution is 6.30. The van der Waals surface area contributed by atoms with E-state index in [4.69, 9.17) is 17.3 Å². The van der Waals surface area contributed by atoms with Gasteiger partial charge in [0.1, 0.15) is 5.82 Å². The fourth-order valence-corrected chi connectivity index (χ4v) is 3.43. The van der Waals surface area contributed by atoms with E-state index >= 15 is 0 Å². The maximum atomic E-state index is 6.04. The maximum absolute atomic E-state index is 6.04. The topological polar surface area (TPSA) is 67.1 Å². The number of anilines is 3. The maximum Gasteiger partial charge on any atom is 0.225 e. The van der Waals surface area contributed by atoms with Crippen molar-refractivity contribution in [3.8, 4) is 0 Å². The van der Waals surface area contributed by atoms with Crippen molar-refractivity contribution in [3.63, 3.8) is 0 Å². The molecule has 25 heavy (non-hydrogen) atoms. The summed E-state index contributed by atoms with van der Waals surface area (Å²) in [6, 6.07) is 15.8. The van der Waals surface area contributed by atoms with Crippen molar-refractivity contribution < 1.29 is 0 Å². The van der Waals surface area contributed by atoms with Gasteiger partial charge in [0.05, 0.1) is 5.52 Å². The minimum absolute atomic E-state index is 0.516. The quantitative estimate of drug-likeness (QED) is 0.746. The Labute approximate surface area is 151 Å². The minimum Gasteiger partial charge on any atom is -0.383 e. The molecular formula is C19H20ClN5. The second-order valence-electron chi connectivity index (χ2n) is 6.41. The number of nitrogens with zero attached hydrogens (tertiary/aromatic N) is 3. The standard InChI is InChI=1S/C19H20ClN5/c20-14-5-7-15(8-6-14)25-10-9-13(12-25)11-22-19-23-17-4-2-1-3-16(17)18(21)24-19/h1-8,13H,9-12H2,(H3,21,22,23,24)/t13-/m1/s1. The Hall–Kier alpha value is -2.53. The fraction of sp³-hybridized carbons (Fsp3) is 0.263. The number of nitrogens with one attached hydrogen (secondary N) is 1. The van der Waals surface area contributed by atoms with Crippen LogP contribution in [0.25, 0.3) is 10.9 Å². The van der Waals surface area contributed by atoms with Gasteiger partial charge < -0.3 is 16.0 Å². The molecule has 0 amide bonds. The van der Waals surface area contributed by atoms with E-state index in [0.717, 1.165) is 42.0 Å². The van der Waals surface area contributed by atoms with Crippen LogP contribution in [-0.2, 0) is 0 Å². The van der Waals surface area contributed by atoms with E-state index in [1.807, 2.05) is 36.4 Å². The van der Waals surface area contributed by atoms with Gasteiger partial charge in [0, 0.05) is 35.7 Å². The van der Waals surface area contributed by atoms with Crippen LogP contribution in [-0.4, -0.2) is 29.6 Å². The molecule has 1 aromatic heterocycles. The highest BCUT2D eigenvalue weighted by atomic mass is 35.5. The number of fused-ring (bicyclic) bond motifs is 1. The van der Waals surface area contributed by atoms with Gasteiger partial charge in [-0.15, -0.1) is 0 Å². The molecule has 5 nitrogen and oxygen atoms in total. The van der Waals surface area contributed by atoms with Crippen LogP contribution in [0.4, 0.5) is 17.5 Å². The lowest BCUT2D eigenvalue weighted by Crippen LogP contribution is -2.22. The molecule has 128 valence electrons. The van der Waals surface area contributed by atoms with Crippen molar-refractivity contribution in [1.29, 1.82) is 0 Å². The van der Waals surface area contributed by atoms with Crippen LogP contribution in [0.5, 0.6) is 0 Å². The molecule has 1 aliphatic heterocycles. The molecule has 2 aromatic carbocycles. The number of aromatic nitrogens is 2. The summed E-state index contributed by atoms with van der Waals surface area (Å²) in [5.74, 6) is 1.66. The van der Waals surface area contributed by atoms with Crippen LogP contribution in [0, 0.1) is 5.92 Å². The Morgan fingerprint density at radius 3 is 2.76 bits per heavy atom. The number of nitrogens with two attached hydrogens (primary N) is 1. The molecule has 0 spiro atoms. The van der Waals surface area contributed by atoms with Crippen molar-refractivity contribution in [2.24, 2.45) is 5.92 Å². The van der Waals surface area contributed by atoms with Crippen LogP contribution in [0.1, 0.15) is 6.42 Å². The Kier molecular flexibility index (Phi) is 4.32. The number of para-hydroxylation sites is 1. The molecule has 0 saturated carbocycles. The predicted molar refractivity (Wildman–Crippen MR) is 104 cm³/mol. The minimum atomic E-state index is 0.516. The number of hydrogen-bond donors (Lipinski definition) is 2. The first kappa shape index (κ1) is 16.0. The Morgan fingerprint density at radius 2 is 1.92 bits per heavy atom. The average molecular weight is 354 g/mol. The van der Waals surface area contributed by atoms with E-state index in [2.05, 4.69) is 32.3 Å². The van der Waals surface area contributed by atoms with Crippen LogP contribution in [0.15, 0.2) is 48.5 Å². The third-order valence-electron chi connectivity index (χ3n) is 4.66. The van der Waals surface area contributed by atoms with Crippen LogP contribution in [0.3, 0.4) is 0 Å². The number of halogens is 1. The van der Waals surface area contributed by atoms with Gasteiger partial charge in [-0.05, 0) is 48.7 Å². The Balaban J connectivity index is 1.40. The summed E-state index contributed by atoms with van der Waals surface area (Å²) < 4.78 is 0. The van der Waals surface area contributed by atoms with Crippen molar-refractivity contribution in [3.05, 3.63) is 53.6 Å². The number of benzene rings is 2. The second-order valence-corrected chi connectivity index (χ2v) is 6.84. The van der Waals surface area contributed by atoms with Crippen molar-refractivity contribution >= 4 is 40.0 Å². The molecule has 3 N–H and O–H groups in total. The summed E-state index contributed by atoms with van der Waals surface area (Å²) in [6.07, 6.45) is 1.14. The van der Waals surface area contributed by atoms with Gasteiger partial charge in [-0.25, -0.2) is 4.98 Å².